The zero-order valence-corrected chi connectivity index (χ0v) is 10.8. The summed E-state index contributed by atoms with van der Waals surface area (Å²) in [5.74, 6) is 6.70. The van der Waals surface area contributed by atoms with Crippen molar-refractivity contribution in [2.45, 2.75) is 38.7 Å². The molecule has 1 fully saturated rings. The molecule has 2 rings (SSSR count). The van der Waals surface area contributed by atoms with Gasteiger partial charge in [-0.3, -0.25) is 4.98 Å². The smallest absolute Gasteiger partial charge is 0.233 e. The normalized spacial score (nSPS) is 18.2. The molecule has 96 valence electrons. The highest BCUT2D eigenvalue weighted by Gasteiger charge is 2.16. The van der Waals surface area contributed by atoms with Gasteiger partial charge in [0, 0.05) is 13.0 Å². The van der Waals surface area contributed by atoms with Crippen LogP contribution in [0.3, 0.4) is 0 Å². The monoisotopic (exact) mass is 245 g/mol. The van der Waals surface area contributed by atoms with Gasteiger partial charge in [-0.2, -0.15) is 0 Å². The molecule has 1 saturated heterocycles. The van der Waals surface area contributed by atoms with Crippen LogP contribution in [0, 0.1) is 11.8 Å². The average Bonchev–Trinajstić information content (AvgIpc) is 2.88. The first-order valence-corrected chi connectivity index (χ1v) is 6.57. The highest BCUT2D eigenvalue weighted by atomic mass is 16.5. The van der Waals surface area contributed by atoms with E-state index in [2.05, 4.69) is 34.0 Å². The topological polar surface area (TPSA) is 47.0 Å². The molecule has 1 aromatic rings. The van der Waals surface area contributed by atoms with Gasteiger partial charge in [-0.15, -0.1) is 0 Å². The van der Waals surface area contributed by atoms with Crippen molar-refractivity contribution in [2.24, 2.45) is 0 Å². The van der Waals surface area contributed by atoms with Crippen LogP contribution in [0.1, 0.15) is 38.3 Å². The average molecular weight is 245 g/mol. The first-order chi connectivity index (χ1) is 8.88. The van der Waals surface area contributed by atoms with Gasteiger partial charge in [-0.1, -0.05) is 19.3 Å². The van der Waals surface area contributed by atoms with E-state index >= 15 is 0 Å². The first-order valence-electron chi connectivity index (χ1n) is 6.57. The van der Waals surface area contributed by atoms with Gasteiger partial charge < -0.3 is 10.1 Å². The molecule has 0 bridgehead atoms. The van der Waals surface area contributed by atoms with Crippen molar-refractivity contribution < 1.29 is 4.74 Å². The van der Waals surface area contributed by atoms with Gasteiger partial charge in [-0.25, -0.2) is 4.98 Å². The molecule has 2 heterocycles. The minimum atomic E-state index is 0.211. The third-order valence-corrected chi connectivity index (χ3v) is 2.79. The molecule has 1 aromatic heterocycles. The zero-order chi connectivity index (χ0) is 12.6. The van der Waals surface area contributed by atoms with Crippen LogP contribution >= 0.6 is 0 Å². The van der Waals surface area contributed by atoms with Gasteiger partial charge in [-0.05, 0) is 25.3 Å². The van der Waals surface area contributed by atoms with Crippen molar-refractivity contribution in [2.75, 3.05) is 13.1 Å². The molecule has 1 aliphatic heterocycles. The number of hydrogen-bond acceptors (Lipinski definition) is 4. The van der Waals surface area contributed by atoms with Crippen molar-refractivity contribution in [1.82, 2.24) is 15.3 Å². The van der Waals surface area contributed by atoms with E-state index in [1.165, 1.54) is 0 Å². The minimum absolute atomic E-state index is 0.211. The summed E-state index contributed by atoms with van der Waals surface area (Å²) in [5.41, 5.74) is 0.689. The lowest BCUT2D eigenvalue weighted by molar-refractivity contribution is 0.213. The first kappa shape index (κ1) is 12.8. The lowest BCUT2D eigenvalue weighted by Gasteiger charge is -2.10. The molecule has 4 nitrogen and oxygen atoms in total. The van der Waals surface area contributed by atoms with Crippen LogP contribution in [0.15, 0.2) is 12.4 Å². The predicted molar refractivity (Wildman–Crippen MR) is 70.3 cm³/mol. The maximum Gasteiger partial charge on any atom is 0.233 e. The summed E-state index contributed by atoms with van der Waals surface area (Å²) in [6, 6.07) is 0. The summed E-state index contributed by atoms with van der Waals surface area (Å²) in [5, 5.41) is 3.25. The third kappa shape index (κ3) is 4.01. The quantitative estimate of drug-likeness (QED) is 0.648. The molecule has 0 aliphatic carbocycles. The molecule has 1 N–H and O–H groups in total. The van der Waals surface area contributed by atoms with Crippen LogP contribution in [0.2, 0.25) is 0 Å². The second-order valence-electron chi connectivity index (χ2n) is 4.38. The predicted octanol–water partition coefficient (Wildman–Crippen LogP) is 1.76. The van der Waals surface area contributed by atoms with Crippen molar-refractivity contribution in [3.05, 3.63) is 18.1 Å². The van der Waals surface area contributed by atoms with E-state index in [-0.39, 0.29) is 6.10 Å². The third-order valence-electron chi connectivity index (χ3n) is 2.79. The molecule has 4 heteroatoms. The van der Waals surface area contributed by atoms with Gasteiger partial charge in [0.2, 0.25) is 5.88 Å². The van der Waals surface area contributed by atoms with Crippen LogP contribution in [0.25, 0.3) is 0 Å². The highest BCUT2D eigenvalue weighted by Crippen LogP contribution is 2.11. The number of nitrogens with one attached hydrogen (secondary N) is 1. The van der Waals surface area contributed by atoms with Crippen molar-refractivity contribution >= 4 is 0 Å². The van der Waals surface area contributed by atoms with Crippen molar-refractivity contribution in [1.29, 1.82) is 0 Å². The van der Waals surface area contributed by atoms with E-state index in [1.807, 2.05) is 0 Å². The van der Waals surface area contributed by atoms with Gasteiger partial charge in [0.05, 0.1) is 12.4 Å². The van der Waals surface area contributed by atoms with Crippen LogP contribution < -0.4 is 10.1 Å². The Morgan fingerprint density at radius 2 is 2.44 bits per heavy atom. The van der Waals surface area contributed by atoms with E-state index < -0.39 is 0 Å². The lowest BCUT2D eigenvalue weighted by atomic mass is 10.2. The van der Waals surface area contributed by atoms with Gasteiger partial charge >= 0.3 is 0 Å². The van der Waals surface area contributed by atoms with Crippen LogP contribution in [0.4, 0.5) is 0 Å². The summed E-state index contributed by atoms with van der Waals surface area (Å²) < 4.78 is 5.74. The van der Waals surface area contributed by atoms with Crippen molar-refractivity contribution in [3.8, 4) is 17.7 Å². The Hall–Kier alpha value is -1.60. The van der Waals surface area contributed by atoms with Crippen LogP contribution in [0.5, 0.6) is 5.88 Å². The number of aromatic nitrogens is 2. The number of hydrogen-bond donors (Lipinski definition) is 1. The molecular formula is C14H19N3O. The fourth-order valence-corrected chi connectivity index (χ4v) is 1.78. The fraction of sp³-hybridized carbons (Fsp3) is 0.571. The molecule has 0 aromatic carbocycles. The van der Waals surface area contributed by atoms with Crippen molar-refractivity contribution in [3.63, 3.8) is 0 Å². The van der Waals surface area contributed by atoms with E-state index in [0.29, 0.717) is 11.6 Å². The Balaban J connectivity index is 1.93. The summed E-state index contributed by atoms with van der Waals surface area (Å²) in [6.07, 6.45) is 7.77. The molecule has 0 spiro atoms. The lowest BCUT2D eigenvalue weighted by Crippen LogP contribution is -2.20. The molecule has 18 heavy (non-hydrogen) atoms. The van der Waals surface area contributed by atoms with E-state index in [0.717, 1.165) is 38.8 Å². The Kier molecular flexibility index (Phi) is 4.98. The largest absolute Gasteiger partial charge is 0.472 e. The Morgan fingerprint density at radius 3 is 3.22 bits per heavy atom. The summed E-state index contributed by atoms with van der Waals surface area (Å²) in [6.45, 7) is 4.05. The minimum Gasteiger partial charge on any atom is -0.472 e. The zero-order valence-electron chi connectivity index (χ0n) is 10.8. The second-order valence-corrected chi connectivity index (χ2v) is 4.38. The van der Waals surface area contributed by atoms with E-state index in [1.54, 1.807) is 12.4 Å². The summed E-state index contributed by atoms with van der Waals surface area (Å²) >= 11 is 0. The number of rotatable bonds is 4. The fourth-order valence-electron chi connectivity index (χ4n) is 1.78. The maximum absolute atomic E-state index is 5.74. The SMILES string of the molecule is CCCCC#Cc1cncc(OC2CCNC2)n1. The van der Waals surface area contributed by atoms with E-state index in [9.17, 15) is 0 Å². The molecule has 0 amide bonds. The number of nitrogens with zero attached hydrogens (tertiary/aromatic N) is 2. The number of unbranched alkanes of at least 4 members (excludes halogenated alkanes) is 2. The summed E-state index contributed by atoms with van der Waals surface area (Å²) in [7, 11) is 0. The molecular weight excluding hydrogens is 226 g/mol. The Bertz CT molecular complexity index is 430. The molecule has 0 saturated carbocycles. The molecule has 1 aliphatic rings. The highest BCUT2D eigenvalue weighted by molar-refractivity contribution is 5.26. The van der Waals surface area contributed by atoms with E-state index in [4.69, 9.17) is 4.74 Å². The van der Waals surface area contributed by atoms with Gasteiger partial charge in [0.15, 0.2) is 0 Å². The Labute approximate surface area is 108 Å². The standard InChI is InChI=1S/C14H19N3O/c1-2-3-4-5-6-12-9-16-11-14(17-12)18-13-7-8-15-10-13/h9,11,13,15H,2-4,7-8,10H2,1H3. The maximum atomic E-state index is 5.74. The molecule has 0 radical (unpaired) electrons. The van der Waals surface area contributed by atoms with Crippen LogP contribution in [-0.2, 0) is 0 Å². The molecule has 1 unspecified atom stereocenters. The van der Waals surface area contributed by atoms with Gasteiger partial charge in [0.1, 0.15) is 11.8 Å². The second kappa shape index (κ2) is 6.97. The molecule has 1 atom stereocenters. The Morgan fingerprint density at radius 1 is 1.50 bits per heavy atom. The number of ether oxygens (including phenoxy) is 1. The van der Waals surface area contributed by atoms with Crippen LogP contribution in [-0.4, -0.2) is 29.2 Å². The van der Waals surface area contributed by atoms with Gasteiger partial charge in [0.25, 0.3) is 0 Å². The summed E-state index contributed by atoms with van der Waals surface area (Å²) in [4.78, 5) is 8.46.